The van der Waals surface area contributed by atoms with Crippen molar-refractivity contribution in [3.05, 3.63) is 22.5 Å². The predicted octanol–water partition coefficient (Wildman–Crippen LogP) is 2.83. The molecule has 0 spiro atoms. The molecule has 4 rings (SSSR count). The molecule has 0 N–H and O–H groups in total. The molecule has 6 atom stereocenters. The first-order valence-electron chi connectivity index (χ1n) is 11.5. The van der Waals surface area contributed by atoms with Gasteiger partial charge in [0, 0.05) is 43.4 Å². The third-order valence-electron chi connectivity index (χ3n) is 7.94. The van der Waals surface area contributed by atoms with E-state index in [2.05, 4.69) is 0 Å². The maximum Gasteiger partial charge on any atom is 0.317 e. The van der Waals surface area contributed by atoms with Gasteiger partial charge in [-0.25, -0.2) is 0 Å². The summed E-state index contributed by atoms with van der Waals surface area (Å²) in [6.07, 6.45) is 0.0975. The van der Waals surface area contributed by atoms with E-state index in [4.69, 9.17) is 18.9 Å². The van der Waals surface area contributed by atoms with Gasteiger partial charge in [0.1, 0.15) is 30.0 Å². The number of allylic oxidation sites excluding steroid dienone is 1. The van der Waals surface area contributed by atoms with Gasteiger partial charge in [0.25, 0.3) is 0 Å². The number of esters is 2. The molecule has 8 nitrogen and oxygen atoms in total. The number of methoxy groups -OCH3 is 1. The summed E-state index contributed by atoms with van der Waals surface area (Å²) in [6, 6.07) is 0. The van der Waals surface area contributed by atoms with Crippen molar-refractivity contribution in [3.8, 4) is 0 Å². The van der Waals surface area contributed by atoms with E-state index in [9.17, 15) is 19.2 Å². The van der Waals surface area contributed by atoms with Gasteiger partial charge in [-0.15, -0.1) is 0 Å². The Bertz CT molecular complexity index is 990. The summed E-state index contributed by atoms with van der Waals surface area (Å²) in [5.41, 5.74) is -0.116. The average molecular weight is 461 g/mol. The predicted molar refractivity (Wildman–Crippen MR) is 116 cm³/mol. The maximum atomic E-state index is 13.4. The second-order valence-corrected chi connectivity index (χ2v) is 10.1. The minimum absolute atomic E-state index is 0.0914. The maximum absolute atomic E-state index is 13.4. The molecule has 0 aromatic heterocycles. The van der Waals surface area contributed by atoms with Crippen LogP contribution in [0.5, 0.6) is 0 Å². The van der Waals surface area contributed by atoms with Crippen molar-refractivity contribution in [1.29, 1.82) is 0 Å². The number of rotatable bonds is 6. The highest BCUT2D eigenvalue weighted by Gasteiger charge is 2.63. The molecule has 2 fully saturated rings. The standard InChI is InChI=1S/C25H32O8/c1-12-19(15(32-14(3)26)10-24(4)9-7-8-16(24)27)25(5)17(11-30-6)33-23(29)18-13(2)31-22(20(18)25)21(12)28/h13,15,17-18H,7-11H2,1-6H3/t13-,15-,17+,18?,24-,25-/m1/s1. The molecule has 1 saturated carbocycles. The zero-order valence-electron chi connectivity index (χ0n) is 20.1. The summed E-state index contributed by atoms with van der Waals surface area (Å²) in [7, 11) is 1.51. The molecular weight excluding hydrogens is 428 g/mol. The van der Waals surface area contributed by atoms with Gasteiger partial charge in [-0.3, -0.25) is 19.2 Å². The number of Topliss-reactive ketones (excluding diaryl/α,β-unsaturated/α-hetero) is 2. The summed E-state index contributed by atoms with van der Waals surface area (Å²) in [6.45, 7) is 8.62. The van der Waals surface area contributed by atoms with Crippen molar-refractivity contribution in [2.75, 3.05) is 13.7 Å². The first-order valence-corrected chi connectivity index (χ1v) is 11.5. The SMILES string of the molecule is COC[C@@H]1OC(=O)C2C3=C(O[C@@H]2C)C(=O)C(C)=C([C@@H](C[C@@]2(C)CCCC2=O)OC(C)=O)[C@]31C. The third-order valence-corrected chi connectivity index (χ3v) is 7.94. The number of ether oxygens (including phenoxy) is 4. The lowest BCUT2D eigenvalue weighted by Crippen LogP contribution is -2.55. The normalized spacial score (nSPS) is 36.5. The number of carbonyl (C=O) groups is 4. The van der Waals surface area contributed by atoms with Crippen LogP contribution < -0.4 is 0 Å². The van der Waals surface area contributed by atoms with Crippen molar-refractivity contribution >= 4 is 23.5 Å². The number of hydrogen-bond donors (Lipinski definition) is 0. The lowest BCUT2D eigenvalue weighted by Gasteiger charge is -2.49. The third kappa shape index (κ3) is 3.45. The van der Waals surface area contributed by atoms with Crippen LogP contribution >= 0.6 is 0 Å². The molecule has 0 radical (unpaired) electrons. The van der Waals surface area contributed by atoms with E-state index in [1.165, 1.54) is 14.0 Å². The van der Waals surface area contributed by atoms with Crippen molar-refractivity contribution < 1.29 is 38.1 Å². The minimum atomic E-state index is -0.981. The van der Waals surface area contributed by atoms with Crippen LogP contribution in [0.1, 0.15) is 60.3 Å². The van der Waals surface area contributed by atoms with Crippen molar-refractivity contribution in [2.45, 2.75) is 78.6 Å². The van der Waals surface area contributed by atoms with E-state index in [0.717, 1.165) is 6.42 Å². The summed E-state index contributed by atoms with van der Waals surface area (Å²) >= 11 is 0. The average Bonchev–Trinajstić information content (AvgIpc) is 3.24. The van der Waals surface area contributed by atoms with Crippen molar-refractivity contribution in [2.24, 2.45) is 16.7 Å². The Kier molecular flexibility index (Phi) is 5.79. The fourth-order valence-electron chi connectivity index (χ4n) is 6.28. The molecular formula is C25H32O8. The molecule has 1 saturated heterocycles. The van der Waals surface area contributed by atoms with Crippen LogP contribution in [0.3, 0.4) is 0 Å². The molecule has 2 aliphatic carbocycles. The van der Waals surface area contributed by atoms with Crippen LogP contribution in [0.15, 0.2) is 22.5 Å². The number of hydrogen-bond acceptors (Lipinski definition) is 8. The van der Waals surface area contributed by atoms with Gasteiger partial charge in [-0.2, -0.15) is 0 Å². The van der Waals surface area contributed by atoms with E-state index in [1.807, 2.05) is 13.8 Å². The van der Waals surface area contributed by atoms with Crippen LogP contribution in [-0.4, -0.2) is 55.5 Å². The highest BCUT2D eigenvalue weighted by molar-refractivity contribution is 6.10. The van der Waals surface area contributed by atoms with Gasteiger partial charge in [-0.05, 0) is 39.2 Å². The van der Waals surface area contributed by atoms with E-state index in [0.29, 0.717) is 29.6 Å². The molecule has 0 amide bonds. The second-order valence-electron chi connectivity index (χ2n) is 10.1. The van der Waals surface area contributed by atoms with Crippen molar-refractivity contribution in [1.82, 2.24) is 0 Å². The van der Waals surface area contributed by atoms with Gasteiger partial charge in [0.15, 0.2) is 5.76 Å². The van der Waals surface area contributed by atoms with Crippen molar-refractivity contribution in [3.63, 3.8) is 0 Å². The summed E-state index contributed by atoms with van der Waals surface area (Å²) < 4.78 is 23.0. The van der Waals surface area contributed by atoms with Crippen LogP contribution in [0.2, 0.25) is 0 Å². The Labute approximate surface area is 193 Å². The topological polar surface area (TPSA) is 105 Å². The summed E-state index contributed by atoms with van der Waals surface area (Å²) in [4.78, 5) is 51.3. The largest absolute Gasteiger partial charge is 0.485 e. The van der Waals surface area contributed by atoms with Crippen LogP contribution in [0.25, 0.3) is 0 Å². The Morgan fingerprint density at radius 1 is 1.21 bits per heavy atom. The fraction of sp³-hybridized carbons (Fsp3) is 0.680. The van der Waals surface area contributed by atoms with Gasteiger partial charge in [-0.1, -0.05) is 6.92 Å². The lowest BCUT2D eigenvalue weighted by molar-refractivity contribution is -0.171. The second kappa shape index (κ2) is 8.08. The minimum Gasteiger partial charge on any atom is -0.485 e. The molecule has 33 heavy (non-hydrogen) atoms. The first-order chi connectivity index (χ1) is 15.5. The Morgan fingerprint density at radius 2 is 1.91 bits per heavy atom. The van der Waals surface area contributed by atoms with Crippen LogP contribution in [0, 0.1) is 16.7 Å². The molecule has 180 valence electrons. The highest BCUT2D eigenvalue weighted by Crippen LogP contribution is 2.59. The molecule has 1 unspecified atom stereocenters. The molecule has 2 aliphatic heterocycles. The Hall–Kier alpha value is -2.48. The molecule has 0 aromatic carbocycles. The number of ketones is 2. The quantitative estimate of drug-likeness (QED) is 0.557. The van der Waals surface area contributed by atoms with Gasteiger partial charge in [0.05, 0.1) is 12.0 Å². The van der Waals surface area contributed by atoms with E-state index < -0.39 is 47.0 Å². The van der Waals surface area contributed by atoms with Crippen LogP contribution in [0.4, 0.5) is 0 Å². The highest BCUT2D eigenvalue weighted by atomic mass is 16.6. The zero-order chi connectivity index (χ0) is 24.3. The smallest absolute Gasteiger partial charge is 0.317 e. The first kappa shape index (κ1) is 23.7. The lowest BCUT2D eigenvalue weighted by atomic mass is 9.58. The fourth-order valence-corrected chi connectivity index (χ4v) is 6.28. The Morgan fingerprint density at radius 3 is 2.48 bits per heavy atom. The summed E-state index contributed by atoms with van der Waals surface area (Å²) in [5, 5.41) is 0. The zero-order valence-corrected chi connectivity index (χ0v) is 20.1. The van der Waals surface area contributed by atoms with E-state index in [1.54, 1.807) is 13.8 Å². The van der Waals surface area contributed by atoms with Gasteiger partial charge in [0.2, 0.25) is 5.78 Å². The van der Waals surface area contributed by atoms with Crippen LogP contribution in [-0.2, 0) is 38.1 Å². The monoisotopic (exact) mass is 460 g/mol. The summed E-state index contributed by atoms with van der Waals surface area (Å²) in [5.74, 6) is -1.71. The molecule has 0 aromatic rings. The number of carbonyl (C=O) groups excluding carboxylic acids is 4. The Balaban J connectivity index is 1.89. The molecule has 2 heterocycles. The van der Waals surface area contributed by atoms with Gasteiger partial charge < -0.3 is 18.9 Å². The molecule has 0 bridgehead atoms. The van der Waals surface area contributed by atoms with E-state index >= 15 is 0 Å². The molecule has 4 aliphatic rings. The van der Waals surface area contributed by atoms with Gasteiger partial charge >= 0.3 is 11.9 Å². The number of cyclic esters (lactones) is 1. The van der Waals surface area contributed by atoms with E-state index in [-0.39, 0.29) is 30.4 Å². The molecule has 8 heteroatoms.